The minimum Gasteiger partial charge on any atom is -0.458 e. The molecule has 1 spiro atoms. The van der Waals surface area contributed by atoms with Gasteiger partial charge in [0.05, 0.1) is 22.5 Å². The molecule has 0 fully saturated rings. The molecule has 0 aromatic heterocycles. The van der Waals surface area contributed by atoms with Gasteiger partial charge in [-0.05, 0) is 181 Å². The SMILES string of the molecule is CC(C)(C)c1cc2c3c(c1)N(c1ccccc1)c1ccccc1B3c1cc3c(cc1N2C1=C(C2C=CC=CC2)C=CCC1C1=CCCC=C1)Oc1cc2c(cc1C31c3ccccc3-c3ccccc31)B1c3ccccc3N(c3ccccc3-c3ccccc3)c3cc(N(c4ccccc4)c4ccccc4-c4ccccc4)cc(c31)O2. The van der Waals surface area contributed by atoms with Gasteiger partial charge in [-0.2, -0.15) is 0 Å². The highest BCUT2D eigenvalue weighted by Gasteiger charge is 2.56. The zero-order valence-corrected chi connectivity index (χ0v) is 64.5. The lowest BCUT2D eigenvalue weighted by Crippen LogP contribution is -2.62. The van der Waals surface area contributed by atoms with Crippen molar-refractivity contribution in [3.8, 4) is 56.4 Å². The van der Waals surface area contributed by atoms with E-state index in [-0.39, 0.29) is 30.7 Å². The van der Waals surface area contributed by atoms with Crippen LogP contribution in [0.3, 0.4) is 0 Å². The summed E-state index contributed by atoms with van der Waals surface area (Å²) in [6, 6.07) is 118. The highest BCUT2D eigenvalue weighted by atomic mass is 16.5. The van der Waals surface area contributed by atoms with E-state index in [4.69, 9.17) is 9.47 Å². The second-order valence-corrected chi connectivity index (χ2v) is 33.0. The number of rotatable bonds is 10. The Labute approximate surface area is 673 Å². The molecule has 23 rings (SSSR count). The molecule has 115 heavy (non-hydrogen) atoms. The molecule has 5 heterocycles. The number of nitrogens with zero attached hydrogens (tertiary/aromatic N) is 4. The van der Waals surface area contributed by atoms with Crippen molar-refractivity contribution >= 4 is 109 Å². The molecule has 0 saturated heterocycles. The Bertz CT molecular complexity index is 6540. The van der Waals surface area contributed by atoms with Crippen molar-refractivity contribution in [1.82, 2.24) is 0 Å². The smallest absolute Gasteiger partial charge is 0.256 e. The molecular weight excluding hydrogens is 1390 g/mol. The van der Waals surface area contributed by atoms with Crippen molar-refractivity contribution in [2.24, 2.45) is 11.8 Å². The fourth-order valence-electron chi connectivity index (χ4n) is 20.8. The maximum Gasteiger partial charge on any atom is 0.256 e. The van der Waals surface area contributed by atoms with Crippen LogP contribution in [-0.2, 0) is 10.8 Å². The number of allylic oxidation sites excluding steroid dienone is 11. The van der Waals surface area contributed by atoms with Crippen molar-refractivity contribution < 1.29 is 9.47 Å². The summed E-state index contributed by atoms with van der Waals surface area (Å²) >= 11 is 0. The lowest BCUT2D eigenvalue weighted by atomic mass is 9.33. The van der Waals surface area contributed by atoms with Crippen molar-refractivity contribution in [3.05, 3.63) is 415 Å². The summed E-state index contributed by atoms with van der Waals surface area (Å²) < 4.78 is 16.2. The van der Waals surface area contributed by atoms with Crippen LogP contribution in [0.4, 0.5) is 62.6 Å². The minimum atomic E-state index is -0.907. The molecule has 6 nitrogen and oxygen atoms in total. The topological polar surface area (TPSA) is 31.4 Å². The quantitative estimate of drug-likeness (QED) is 0.127. The Balaban J connectivity index is 0.807. The highest BCUT2D eigenvalue weighted by Crippen LogP contribution is 2.64. The van der Waals surface area contributed by atoms with Crippen LogP contribution in [0.25, 0.3) is 33.4 Å². The lowest BCUT2D eigenvalue weighted by Gasteiger charge is -2.49. The maximum absolute atomic E-state index is 8.19. The summed E-state index contributed by atoms with van der Waals surface area (Å²) in [5, 5.41) is 0. The molecule has 5 aliphatic heterocycles. The van der Waals surface area contributed by atoms with Crippen LogP contribution in [0.2, 0.25) is 0 Å². The first-order valence-corrected chi connectivity index (χ1v) is 40.9. The van der Waals surface area contributed by atoms with E-state index in [2.05, 4.69) is 411 Å². The van der Waals surface area contributed by atoms with Crippen LogP contribution in [0, 0.1) is 11.8 Å². The molecule has 0 radical (unpaired) electrons. The summed E-state index contributed by atoms with van der Waals surface area (Å²) in [6.07, 6.45) is 25.4. The van der Waals surface area contributed by atoms with Gasteiger partial charge in [-0.1, -0.05) is 306 Å². The monoisotopic (exact) mass is 1470 g/mol. The normalized spacial score (nSPS) is 16.9. The lowest BCUT2D eigenvalue weighted by molar-refractivity contribution is 0.428. The molecule has 14 aromatic carbocycles. The Morgan fingerprint density at radius 3 is 1.63 bits per heavy atom. The van der Waals surface area contributed by atoms with E-state index in [1.54, 1.807) is 0 Å². The van der Waals surface area contributed by atoms with Crippen LogP contribution < -0.4 is 61.9 Å². The van der Waals surface area contributed by atoms with Gasteiger partial charge in [0.25, 0.3) is 13.4 Å². The summed E-state index contributed by atoms with van der Waals surface area (Å²) in [7, 11) is 0. The second kappa shape index (κ2) is 26.3. The molecule has 0 N–H and O–H groups in total. The van der Waals surface area contributed by atoms with Gasteiger partial charge in [0.15, 0.2) is 0 Å². The molecule has 546 valence electrons. The molecular formula is C107H80B2N4O2. The van der Waals surface area contributed by atoms with E-state index in [9.17, 15) is 0 Å². The molecule has 0 amide bonds. The summed E-state index contributed by atoms with van der Waals surface area (Å²) in [5.74, 6) is 3.32. The van der Waals surface area contributed by atoms with Gasteiger partial charge < -0.3 is 29.1 Å². The second-order valence-electron chi connectivity index (χ2n) is 33.0. The Morgan fingerprint density at radius 2 is 0.948 bits per heavy atom. The van der Waals surface area contributed by atoms with Crippen LogP contribution >= 0.6 is 0 Å². The van der Waals surface area contributed by atoms with Gasteiger partial charge in [-0.3, -0.25) is 0 Å². The summed E-state index contributed by atoms with van der Waals surface area (Å²) in [6.45, 7) is 6.66. The largest absolute Gasteiger partial charge is 0.458 e. The molecule has 0 saturated carbocycles. The molecule has 4 aliphatic carbocycles. The van der Waals surface area contributed by atoms with Gasteiger partial charge in [0, 0.05) is 103 Å². The zero-order chi connectivity index (χ0) is 76.2. The number of hydrogen-bond acceptors (Lipinski definition) is 6. The maximum atomic E-state index is 8.19. The fraction of sp³-hybridized carbons (Fsp3) is 0.103. The van der Waals surface area contributed by atoms with Crippen LogP contribution in [0.1, 0.15) is 74.3 Å². The average molecular weight is 1480 g/mol. The zero-order valence-electron chi connectivity index (χ0n) is 64.5. The minimum absolute atomic E-state index is 0.0504. The van der Waals surface area contributed by atoms with E-state index in [0.29, 0.717) is 0 Å². The Morgan fingerprint density at radius 1 is 0.383 bits per heavy atom. The Kier molecular flexibility index (Phi) is 15.3. The van der Waals surface area contributed by atoms with Crippen LogP contribution in [0.5, 0.6) is 23.0 Å². The van der Waals surface area contributed by atoms with Gasteiger partial charge in [-0.25, -0.2) is 0 Å². The van der Waals surface area contributed by atoms with Crippen molar-refractivity contribution in [1.29, 1.82) is 0 Å². The average Bonchev–Trinajstić information content (AvgIpc) is 0.937. The van der Waals surface area contributed by atoms with Crippen molar-refractivity contribution in [2.75, 3.05) is 19.6 Å². The van der Waals surface area contributed by atoms with Crippen molar-refractivity contribution in [3.63, 3.8) is 0 Å². The van der Waals surface area contributed by atoms with Gasteiger partial charge in [-0.15, -0.1) is 0 Å². The third-order valence-corrected chi connectivity index (χ3v) is 25.8. The number of anilines is 11. The standard InChI is InChI=1S/C107H80B2N4O2/c1-106(2,3)73-61-96-103-97(62-73)113(105-79(71-39-14-6-15-40-71)51-34-52-80(105)72-41-16-7-17-42-72)95-67-99-85(65-89(95)108(103)87-55-28-32-59-93(87)111(96)75-45-20-9-21-46-75)107(83-53-26-22-49-81(83)82-50-23-27-54-84(82)107)86-66-90-101(68-100(86)114-99)115-102-64-76(110(74-43-18-8-19-44-74)91-57-30-24-47-77(91)69-35-10-4-11-36-69)63-98-104(102)109(90)88-56-29-33-60-94(88)112(98)92-58-31-25-48-78(92)70-37-12-5-13-38-70/h4-6,8-16,18-39,41-51,53-68,71,80H,7,17,40,52H2,1-3H3. The van der Waals surface area contributed by atoms with E-state index >= 15 is 0 Å². The number of fused-ring (bicyclic) bond motifs is 17. The Hall–Kier alpha value is -13.6. The first-order valence-electron chi connectivity index (χ1n) is 40.9. The predicted octanol–water partition coefficient (Wildman–Crippen LogP) is 23.7. The van der Waals surface area contributed by atoms with Gasteiger partial charge in [0.2, 0.25) is 0 Å². The molecule has 8 heteroatoms. The van der Waals surface area contributed by atoms with E-state index in [1.807, 2.05) is 0 Å². The summed E-state index contributed by atoms with van der Waals surface area (Å²) in [4.78, 5) is 10.3. The molecule has 0 bridgehead atoms. The van der Waals surface area contributed by atoms with Crippen LogP contribution in [-0.4, -0.2) is 13.4 Å². The molecule has 2 unspecified atom stereocenters. The molecule has 9 aliphatic rings. The number of benzene rings is 14. The third kappa shape index (κ3) is 10.2. The molecule has 14 aromatic rings. The first-order chi connectivity index (χ1) is 56.7. The van der Waals surface area contributed by atoms with Crippen LogP contribution in [0.15, 0.2) is 387 Å². The number of hydrogen-bond donors (Lipinski definition) is 0. The summed E-state index contributed by atoms with van der Waals surface area (Å²) in [5.41, 5.74) is 35.1. The van der Waals surface area contributed by atoms with Gasteiger partial charge in [0.1, 0.15) is 23.0 Å². The van der Waals surface area contributed by atoms with E-state index in [1.165, 1.54) is 83.6 Å². The van der Waals surface area contributed by atoms with Crippen molar-refractivity contribution in [2.45, 2.75) is 57.3 Å². The highest BCUT2D eigenvalue weighted by molar-refractivity contribution is 7.00. The van der Waals surface area contributed by atoms with Gasteiger partial charge >= 0.3 is 0 Å². The predicted molar refractivity (Wildman–Crippen MR) is 479 cm³/mol. The first kappa shape index (κ1) is 67.2. The van der Waals surface area contributed by atoms with E-state index < -0.39 is 5.41 Å². The molecule has 2 atom stereocenters. The number of ether oxygens (including phenoxy) is 2. The third-order valence-electron chi connectivity index (χ3n) is 25.8. The number of para-hydroxylation sites is 6. The fourth-order valence-corrected chi connectivity index (χ4v) is 20.8. The van der Waals surface area contributed by atoms with E-state index in [0.717, 1.165) is 138 Å².